The molecule has 0 bridgehead atoms. The van der Waals surface area contributed by atoms with Crippen molar-refractivity contribution in [2.75, 3.05) is 11.9 Å². The molecule has 10 heteroatoms. The fraction of sp³-hybridized carbons (Fsp3) is 0.273. The Kier molecular flexibility index (Phi) is 5.77. The fourth-order valence-electron chi connectivity index (χ4n) is 3.65. The van der Waals surface area contributed by atoms with Gasteiger partial charge in [-0.2, -0.15) is 13.2 Å². The van der Waals surface area contributed by atoms with Crippen LogP contribution in [0.25, 0.3) is 11.5 Å². The van der Waals surface area contributed by atoms with Gasteiger partial charge in [0.1, 0.15) is 17.3 Å². The molecule has 32 heavy (non-hydrogen) atoms. The molecule has 2 aromatic heterocycles. The second kappa shape index (κ2) is 8.52. The molecule has 0 spiro atoms. The van der Waals surface area contributed by atoms with Gasteiger partial charge in [-0.05, 0) is 41.8 Å². The second-order valence-electron chi connectivity index (χ2n) is 7.44. The zero-order valence-corrected chi connectivity index (χ0v) is 17.0. The average molecular weight is 445 g/mol. The molecule has 0 radical (unpaired) electrons. The first-order valence-electron chi connectivity index (χ1n) is 9.89. The van der Waals surface area contributed by atoms with Crippen LogP contribution in [0.1, 0.15) is 36.2 Å². The number of carbonyl (C=O) groups excluding carboxylic acids is 1. The fourth-order valence-corrected chi connectivity index (χ4v) is 3.65. The standard InChI is InChI=1S/C22H19F4N5O/c1-13(32)31-9-7-17(16-6-5-15(23)10-14(16)12-31)28-20-11-19(22(24,25)26)29-21(30-20)18-4-2-3-8-27-18/h2-6,8,10-11,17H,7,9,12H2,1H3,(H,28,29,30). The largest absolute Gasteiger partial charge is 0.433 e. The highest BCUT2D eigenvalue weighted by atomic mass is 19.4. The van der Waals surface area contributed by atoms with E-state index >= 15 is 0 Å². The number of alkyl halides is 3. The number of nitrogens with zero attached hydrogens (tertiary/aromatic N) is 4. The first-order valence-corrected chi connectivity index (χ1v) is 9.89. The van der Waals surface area contributed by atoms with Crippen LogP contribution in [0.15, 0.2) is 48.7 Å². The van der Waals surface area contributed by atoms with Crippen molar-refractivity contribution in [1.82, 2.24) is 19.9 Å². The molecule has 3 heterocycles. The van der Waals surface area contributed by atoms with E-state index in [4.69, 9.17) is 0 Å². The van der Waals surface area contributed by atoms with Crippen LogP contribution in [0.3, 0.4) is 0 Å². The van der Waals surface area contributed by atoms with Gasteiger partial charge < -0.3 is 10.2 Å². The number of pyridine rings is 1. The molecule has 0 aliphatic carbocycles. The van der Waals surface area contributed by atoms with E-state index in [0.29, 0.717) is 24.1 Å². The van der Waals surface area contributed by atoms with Gasteiger partial charge in [0.25, 0.3) is 0 Å². The summed E-state index contributed by atoms with van der Waals surface area (Å²) in [6.45, 7) is 2.00. The Hall–Kier alpha value is -3.56. The highest BCUT2D eigenvalue weighted by Crippen LogP contribution is 2.34. The van der Waals surface area contributed by atoms with Gasteiger partial charge in [-0.1, -0.05) is 12.1 Å². The SMILES string of the molecule is CC(=O)N1CCC(Nc2cc(C(F)(F)F)nc(-c3ccccn3)n2)c2ccc(F)cc2C1. The van der Waals surface area contributed by atoms with Crippen molar-refractivity contribution < 1.29 is 22.4 Å². The number of halogens is 4. The molecule has 166 valence electrons. The summed E-state index contributed by atoms with van der Waals surface area (Å²) in [7, 11) is 0. The molecule has 1 unspecified atom stereocenters. The Labute approximate surface area is 181 Å². The van der Waals surface area contributed by atoms with Crippen LogP contribution in [-0.2, 0) is 17.5 Å². The van der Waals surface area contributed by atoms with Gasteiger partial charge in [0.15, 0.2) is 11.5 Å². The van der Waals surface area contributed by atoms with E-state index in [2.05, 4.69) is 20.3 Å². The molecule has 3 aromatic rings. The third-order valence-electron chi connectivity index (χ3n) is 5.21. The Morgan fingerprint density at radius 3 is 2.66 bits per heavy atom. The Balaban J connectivity index is 1.74. The lowest BCUT2D eigenvalue weighted by atomic mass is 9.99. The summed E-state index contributed by atoms with van der Waals surface area (Å²) in [6.07, 6.45) is -2.83. The van der Waals surface area contributed by atoms with Gasteiger partial charge in [0, 0.05) is 32.3 Å². The number of anilines is 1. The van der Waals surface area contributed by atoms with Gasteiger partial charge in [0.05, 0.1) is 6.04 Å². The number of nitrogens with one attached hydrogen (secondary N) is 1. The predicted molar refractivity (Wildman–Crippen MR) is 109 cm³/mol. The van der Waals surface area contributed by atoms with Crippen LogP contribution in [0, 0.1) is 5.82 Å². The lowest BCUT2D eigenvalue weighted by Gasteiger charge is -2.21. The van der Waals surface area contributed by atoms with E-state index < -0.39 is 23.7 Å². The quantitative estimate of drug-likeness (QED) is 0.597. The molecule has 1 N–H and O–H groups in total. The van der Waals surface area contributed by atoms with Crippen molar-refractivity contribution in [2.24, 2.45) is 0 Å². The van der Waals surface area contributed by atoms with Crippen LogP contribution in [0.2, 0.25) is 0 Å². The number of amides is 1. The third-order valence-corrected chi connectivity index (χ3v) is 5.21. The van der Waals surface area contributed by atoms with Crippen LogP contribution in [0.4, 0.5) is 23.4 Å². The number of benzene rings is 1. The highest BCUT2D eigenvalue weighted by Gasteiger charge is 2.34. The molecule has 4 rings (SSSR count). The normalized spacial score (nSPS) is 16.3. The van der Waals surface area contributed by atoms with E-state index in [-0.39, 0.29) is 29.8 Å². The monoisotopic (exact) mass is 445 g/mol. The molecule has 1 atom stereocenters. The number of carbonyl (C=O) groups is 1. The van der Waals surface area contributed by atoms with Crippen molar-refractivity contribution in [3.8, 4) is 11.5 Å². The third kappa shape index (κ3) is 4.68. The number of aromatic nitrogens is 3. The maximum Gasteiger partial charge on any atom is 0.433 e. The number of fused-ring (bicyclic) bond motifs is 1. The molecule has 0 saturated carbocycles. The van der Waals surface area contributed by atoms with Crippen LogP contribution in [0.5, 0.6) is 0 Å². The van der Waals surface area contributed by atoms with Gasteiger partial charge in [-0.25, -0.2) is 14.4 Å². The van der Waals surface area contributed by atoms with Crippen LogP contribution < -0.4 is 5.32 Å². The van der Waals surface area contributed by atoms with Gasteiger partial charge >= 0.3 is 6.18 Å². The average Bonchev–Trinajstić information content (AvgIpc) is 2.93. The van der Waals surface area contributed by atoms with Crippen molar-refractivity contribution in [3.05, 3.63) is 71.3 Å². The van der Waals surface area contributed by atoms with Crippen molar-refractivity contribution in [3.63, 3.8) is 0 Å². The molecular weight excluding hydrogens is 426 g/mol. The lowest BCUT2D eigenvalue weighted by molar-refractivity contribution is -0.141. The number of hydrogen-bond donors (Lipinski definition) is 1. The second-order valence-corrected chi connectivity index (χ2v) is 7.44. The smallest absolute Gasteiger partial charge is 0.363 e. The maximum absolute atomic E-state index is 13.9. The molecule has 1 aliphatic rings. The highest BCUT2D eigenvalue weighted by molar-refractivity contribution is 5.73. The summed E-state index contributed by atoms with van der Waals surface area (Å²) < 4.78 is 54.4. The van der Waals surface area contributed by atoms with Crippen molar-refractivity contribution >= 4 is 11.7 Å². The van der Waals surface area contributed by atoms with E-state index in [1.165, 1.54) is 31.3 Å². The van der Waals surface area contributed by atoms with Gasteiger partial charge in [-0.15, -0.1) is 0 Å². The van der Waals surface area contributed by atoms with E-state index in [9.17, 15) is 22.4 Å². The molecule has 1 amide bonds. The number of rotatable bonds is 3. The minimum absolute atomic E-state index is 0.0375. The Bertz CT molecular complexity index is 1140. The van der Waals surface area contributed by atoms with Gasteiger partial charge in [0.2, 0.25) is 5.91 Å². The summed E-state index contributed by atoms with van der Waals surface area (Å²) in [4.78, 5) is 25.4. The van der Waals surface area contributed by atoms with Gasteiger partial charge in [-0.3, -0.25) is 9.78 Å². The molecule has 6 nitrogen and oxygen atoms in total. The first kappa shape index (κ1) is 21.7. The molecule has 1 aromatic carbocycles. The lowest BCUT2D eigenvalue weighted by Crippen LogP contribution is -2.28. The molecule has 0 saturated heterocycles. The number of hydrogen-bond acceptors (Lipinski definition) is 5. The van der Waals surface area contributed by atoms with E-state index in [1.807, 2.05) is 0 Å². The Morgan fingerprint density at radius 1 is 1.16 bits per heavy atom. The first-order chi connectivity index (χ1) is 15.2. The Morgan fingerprint density at radius 2 is 1.97 bits per heavy atom. The zero-order chi connectivity index (χ0) is 22.9. The summed E-state index contributed by atoms with van der Waals surface area (Å²) in [5.74, 6) is -0.822. The molecule has 0 fully saturated rings. The van der Waals surface area contributed by atoms with Crippen LogP contribution in [-0.4, -0.2) is 32.3 Å². The minimum Gasteiger partial charge on any atom is -0.363 e. The minimum atomic E-state index is -4.68. The summed E-state index contributed by atoms with van der Waals surface area (Å²) in [5, 5.41) is 3.04. The summed E-state index contributed by atoms with van der Waals surface area (Å²) in [6, 6.07) is 9.35. The van der Waals surface area contributed by atoms with E-state index in [1.54, 1.807) is 23.1 Å². The summed E-state index contributed by atoms with van der Waals surface area (Å²) in [5.41, 5.74) is 0.383. The zero-order valence-electron chi connectivity index (χ0n) is 17.0. The van der Waals surface area contributed by atoms with Crippen molar-refractivity contribution in [2.45, 2.75) is 32.1 Å². The molecular formula is C22H19F4N5O. The maximum atomic E-state index is 13.9. The van der Waals surface area contributed by atoms with Crippen LogP contribution >= 0.6 is 0 Å². The predicted octanol–water partition coefficient (Wildman–Crippen LogP) is 4.60. The topological polar surface area (TPSA) is 71.0 Å². The summed E-state index contributed by atoms with van der Waals surface area (Å²) >= 11 is 0. The molecule has 1 aliphatic heterocycles. The van der Waals surface area contributed by atoms with E-state index in [0.717, 1.165) is 6.07 Å². The van der Waals surface area contributed by atoms with Crippen molar-refractivity contribution in [1.29, 1.82) is 0 Å².